The lowest BCUT2D eigenvalue weighted by Crippen LogP contribution is -2.41. The average molecular weight is 597 g/mol. The van der Waals surface area contributed by atoms with Crippen LogP contribution in [0.25, 0.3) is 0 Å². The van der Waals surface area contributed by atoms with Crippen LogP contribution in [-0.2, 0) is 16.2 Å². The minimum Gasteiger partial charge on any atom is -0.478 e. The van der Waals surface area contributed by atoms with Gasteiger partial charge in [0.25, 0.3) is 11.8 Å². The summed E-state index contributed by atoms with van der Waals surface area (Å²) in [7, 11) is 0. The smallest absolute Gasteiger partial charge is 0.338 e. The van der Waals surface area contributed by atoms with E-state index in [0.29, 0.717) is 5.56 Å². The van der Waals surface area contributed by atoms with E-state index in [1.165, 1.54) is 12.3 Å². The van der Waals surface area contributed by atoms with E-state index >= 15 is 0 Å². The minimum absolute atomic E-state index is 0.0375. The number of nitrogens with zero attached hydrogens (tertiary/aromatic N) is 4. The molecule has 2 aliphatic heterocycles. The SMILES string of the molecule is CC(C)C1(C)N=C(c2ncc(C(=O)O)cc2C(=O)O)NC1=O.CC(C)C1(C)N=C(c2ncc(CO)cc2C(=O)O)NC1=O. The van der Waals surface area contributed by atoms with Gasteiger partial charge < -0.3 is 31.1 Å². The lowest BCUT2D eigenvalue weighted by atomic mass is 9.89. The first kappa shape index (κ1) is 32.5. The fourth-order valence-electron chi connectivity index (χ4n) is 3.98. The second kappa shape index (κ2) is 12.1. The van der Waals surface area contributed by atoms with Crippen molar-refractivity contribution < 1.29 is 44.4 Å². The number of aromatic nitrogens is 2. The highest BCUT2D eigenvalue weighted by molar-refractivity contribution is 6.18. The van der Waals surface area contributed by atoms with Crippen LogP contribution < -0.4 is 10.6 Å². The number of rotatable bonds is 8. The number of carboxylic acids is 3. The van der Waals surface area contributed by atoms with Crippen molar-refractivity contribution in [3.63, 3.8) is 0 Å². The van der Waals surface area contributed by atoms with Crippen LogP contribution >= 0.6 is 0 Å². The molecule has 2 aromatic heterocycles. The number of pyridine rings is 2. The summed E-state index contributed by atoms with van der Waals surface area (Å²) in [6, 6.07) is 2.32. The number of nitrogens with one attached hydrogen (secondary N) is 2. The molecule has 2 aliphatic rings. The number of aliphatic imine (C=N–C) groups is 2. The molecule has 2 atom stereocenters. The second-order valence-electron chi connectivity index (χ2n) is 10.9. The first-order valence-corrected chi connectivity index (χ1v) is 13.1. The molecule has 0 aliphatic carbocycles. The number of carbonyl (C=O) groups excluding carboxylic acids is 2. The van der Waals surface area contributed by atoms with Crippen LogP contribution in [0, 0.1) is 11.8 Å². The first-order chi connectivity index (χ1) is 20.0. The van der Waals surface area contributed by atoms with Gasteiger partial charge in [-0.15, -0.1) is 0 Å². The van der Waals surface area contributed by atoms with Gasteiger partial charge in [-0.2, -0.15) is 0 Å². The molecule has 15 heteroatoms. The number of aliphatic hydroxyl groups excluding tert-OH is 1. The molecular weight excluding hydrogens is 564 g/mol. The Kier molecular flexibility index (Phi) is 9.10. The number of carbonyl (C=O) groups is 5. The Bertz CT molecular complexity index is 1580. The number of hydrogen-bond acceptors (Lipinski definition) is 10. The molecule has 0 aromatic carbocycles. The van der Waals surface area contributed by atoms with Crippen molar-refractivity contribution in [1.29, 1.82) is 0 Å². The van der Waals surface area contributed by atoms with E-state index in [1.54, 1.807) is 13.8 Å². The Balaban J connectivity index is 0.000000236. The Morgan fingerprint density at radius 2 is 1.16 bits per heavy atom. The molecule has 15 nitrogen and oxygen atoms in total. The zero-order valence-corrected chi connectivity index (χ0v) is 24.3. The summed E-state index contributed by atoms with van der Waals surface area (Å²) in [5.74, 6) is -4.41. The van der Waals surface area contributed by atoms with E-state index in [1.807, 2.05) is 27.7 Å². The number of aromatic carboxylic acids is 3. The molecule has 0 bridgehead atoms. The zero-order chi connectivity index (χ0) is 32.4. The third kappa shape index (κ3) is 6.25. The van der Waals surface area contributed by atoms with Crippen molar-refractivity contribution in [3.05, 3.63) is 58.2 Å². The van der Waals surface area contributed by atoms with Gasteiger partial charge in [0.15, 0.2) is 11.7 Å². The summed E-state index contributed by atoms with van der Waals surface area (Å²) in [6.45, 7) is 10.4. The Labute approximate surface area is 245 Å². The molecule has 0 fully saturated rings. The van der Waals surface area contributed by atoms with Crippen LogP contribution in [0.3, 0.4) is 0 Å². The van der Waals surface area contributed by atoms with E-state index in [2.05, 4.69) is 30.6 Å². The van der Waals surface area contributed by atoms with Crippen LogP contribution in [0.4, 0.5) is 0 Å². The van der Waals surface area contributed by atoms with Gasteiger partial charge in [0, 0.05) is 12.4 Å². The summed E-state index contributed by atoms with van der Waals surface area (Å²) in [6.07, 6.45) is 2.39. The predicted molar refractivity (Wildman–Crippen MR) is 151 cm³/mol. The average Bonchev–Trinajstić information content (AvgIpc) is 3.44. The van der Waals surface area contributed by atoms with Gasteiger partial charge >= 0.3 is 17.9 Å². The second-order valence-corrected chi connectivity index (χ2v) is 10.9. The molecule has 6 N–H and O–H groups in total. The van der Waals surface area contributed by atoms with Crippen molar-refractivity contribution in [2.24, 2.45) is 21.8 Å². The van der Waals surface area contributed by atoms with Gasteiger partial charge in [0.2, 0.25) is 0 Å². The maximum Gasteiger partial charge on any atom is 0.338 e. The molecule has 2 unspecified atom stereocenters. The maximum absolute atomic E-state index is 12.1. The molecule has 43 heavy (non-hydrogen) atoms. The van der Waals surface area contributed by atoms with Gasteiger partial charge in [-0.25, -0.2) is 24.4 Å². The van der Waals surface area contributed by atoms with Crippen molar-refractivity contribution in [2.75, 3.05) is 0 Å². The Morgan fingerprint density at radius 1 is 0.744 bits per heavy atom. The predicted octanol–water partition coefficient (Wildman–Crippen LogP) is 1.33. The highest BCUT2D eigenvalue weighted by Crippen LogP contribution is 2.28. The van der Waals surface area contributed by atoms with E-state index in [9.17, 15) is 34.2 Å². The van der Waals surface area contributed by atoms with E-state index < -0.39 is 29.0 Å². The number of amidine groups is 2. The van der Waals surface area contributed by atoms with Crippen LogP contribution in [0.1, 0.15) is 89.6 Å². The molecule has 0 radical (unpaired) electrons. The molecule has 4 rings (SSSR count). The topological polar surface area (TPSA) is 241 Å². The number of hydrogen-bond donors (Lipinski definition) is 6. The molecule has 2 aromatic rings. The number of amides is 2. The normalized spacial score (nSPS) is 21.0. The third-order valence-electron chi connectivity index (χ3n) is 7.49. The Morgan fingerprint density at radius 3 is 1.51 bits per heavy atom. The van der Waals surface area contributed by atoms with Gasteiger partial charge in [0.1, 0.15) is 22.5 Å². The van der Waals surface area contributed by atoms with Gasteiger partial charge in [-0.3, -0.25) is 19.6 Å². The van der Waals surface area contributed by atoms with Crippen molar-refractivity contribution >= 4 is 41.4 Å². The maximum atomic E-state index is 12.1. The van der Waals surface area contributed by atoms with Crippen LogP contribution in [0.15, 0.2) is 34.5 Å². The van der Waals surface area contributed by atoms with Gasteiger partial charge in [0.05, 0.1) is 23.3 Å². The molecule has 0 saturated carbocycles. The van der Waals surface area contributed by atoms with E-state index in [0.717, 1.165) is 12.3 Å². The summed E-state index contributed by atoms with van der Waals surface area (Å²) in [4.78, 5) is 74.2. The lowest BCUT2D eigenvalue weighted by Gasteiger charge is -2.21. The first-order valence-electron chi connectivity index (χ1n) is 13.1. The quantitative estimate of drug-likeness (QED) is 0.254. The van der Waals surface area contributed by atoms with Crippen molar-refractivity contribution in [3.8, 4) is 0 Å². The highest BCUT2D eigenvalue weighted by atomic mass is 16.4. The standard InChI is InChI=1S/C14H15N3O5.C14H17N3O4/c1-6(2)14(3)13(22)16-10(17-14)9-8(12(20)21)4-7(5-15-9)11(18)19;1-7(2)14(3)13(21)16-11(17-14)10-9(12(19)20)4-8(6-18)5-15-10/h4-6H,1-3H3,(H,18,19)(H,20,21)(H,16,17,22);4-5,7,18H,6H2,1-3H3,(H,19,20)(H,16,17,21). The largest absolute Gasteiger partial charge is 0.478 e. The van der Waals surface area contributed by atoms with Gasteiger partial charge in [-0.05, 0) is 43.4 Å². The van der Waals surface area contributed by atoms with Crippen LogP contribution in [0.2, 0.25) is 0 Å². The highest BCUT2D eigenvalue weighted by Gasteiger charge is 2.44. The van der Waals surface area contributed by atoms with E-state index in [-0.39, 0.29) is 70.0 Å². The van der Waals surface area contributed by atoms with Crippen LogP contribution in [0.5, 0.6) is 0 Å². The summed E-state index contributed by atoms with van der Waals surface area (Å²) < 4.78 is 0. The zero-order valence-electron chi connectivity index (χ0n) is 24.3. The van der Waals surface area contributed by atoms with E-state index in [4.69, 9.17) is 10.2 Å². The molecule has 0 spiro atoms. The fourth-order valence-corrected chi connectivity index (χ4v) is 3.98. The van der Waals surface area contributed by atoms with Crippen LogP contribution in [-0.4, -0.2) is 82.9 Å². The fraction of sp³-hybridized carbons (Fsp3) is 0.393. The lowest BCUT2D eigenvalue weighted by molar-refractivity contribution is -0.125. The minimum atomic E-state index is -1.35. The third-order valence-corrected chi connectivity index (χ3v) is 7.49. The molecule has 0 saturated heterocycles. The van der Waals surface area contributed by atoms with Crippen molar-refractivity contribution in [2.45, 2.75) is 59.2 Å². The number of carboxylic acid groups (broad SMARTS) is 3. The Hall–Kier alpha value is -5.05. The number of aliphatic hydroxyl groups is 1. The summed E-state index contributed by atoms with van der Waals surface area (Å²) in [5, 5.41) is 41.6. The molecular formula is C28H32N6O9. The summed E-state index contributed by atoms with van der Waals surface area (Å²) in [5.41, 5.74) is -2.22. The van der Waals surface area contributed by atoms with Crippen molar-refractivity contribution in [1.82, 2.24) is 20.6 Å². The molecule has 228 valence electrons. The molecule has 2 amide bonds. The monoisotopic (exact) mass is 596 g/mol. The van der Waals surface area contributed by atoms with Gasteiger partial charge in [-0.1, -0.05) is 27.7 Å². The molecule has 4 heterocycles. The summed E-state index contributed by atoms with van der Waals surface area (Å²) >= 11 is 0.